The molecule has 0 aromatic heterocycles. The van der Waals surface area contributed by atoms with E-state index < -0.39 is 0 Å². The van der Waals surface area contributed by atoms with Gasteiger partial charge in [0.1, 0.15) is 6.61 Å². The van der Waals surface area contributed by atoms with Gasteiger partial charge in [0.05, 0.1) is 7.11 Å². The van der Waals surface area contributed by atoms with Gasteiger partial charge in [-0.05, 0) is 49.2 Å². The Bertz CT molecular complexity index is 639. The highest BCUT2D eigenvalue weighted by molar-refractivity contribution is 5.44. The molecule has 0 aliphatic carbocycles. The lowest BCUT2D eigenvalue weighted by Crippen LogP contribution is -2.31. The third-order valence-electron chi connectivity index (χ3n) is 4.61. The van der Waals surface area contributed by atoms with Crippen molar-refractivity contribution in [1.82, 2.24) is 4.90 Å². The summed E-state index contributed by atoms with van der Waals surface area (Å²) in [4.78, 5) is 2.46. The number of methoxy groups -OCH3 is 1. The van der Waals surface area contributed by atoms with Crippen LogP contribution in [0.2, 0.25) is 0 Å². The van der Waals surface area contributed by atoms with Crippen LogP contribution in [-0.4, -0.2) is 31.6 Å². The number of nitrogens with two attached hydrogens (primary N) is 1. The van der Waals surface area contributed by atoms with Crippen LogP contribution in [0.4, 0.5) is 0 Å². The summed E-state index contributed by atoms with van der Waals surface area (Å²) in [6.45, 7) is 3.38. The van der Waals surface area contributed by atoms with E-state index in [1.807, 2.05) is 24.3 Å². The van der Waals surface area contributed by atoms with Crippen molar-refractivity contribution in [1.29, 1.82) is 0 Å². The van der Waals surface area contributed by atoms with Crippen molar-refractivity contribution in [3.05, 3.63) is 59.7 Å². The van der Waals surface area contributed by atoms with Gasteiger partial charge in [0, 0.05) is 12.6 Å². The fourth-order valence-electron chi connectivity index (χ4n) is 3.30. The molecule has 4 heteroatoms. The summed E-state index contributed by atoms with van der Waals surface area (Å²) in [5.74, 6) is 1.53. The molecule has 2 N–H and O–H groups in total. The first-order chi connectivity index (χ1) is 11.8. The predicted octanol–water partition coefficient (Wildman–Crippen LogP) is 3.37. The number of ether oxygens (including phenoxy) is 2. The minimum atomic E-state index is 0.248. The number of hydrogen-bond donors (Lipinski definition) is 1. The molecule has 0 radical (unpaired) electrons. The van der Waals surface area contributed by atoms with Crippen molar-refractivity contribution in [2.75, 3.05) is 26.7 Å². The highest BCUT2D eigenvalue weighted by Crippen LogP contribution is 2.33. The molecule has 1 aliphatic rings. The number of nitrogens with zero attached hydrogens (tertiary/aromatic N) is 1. The Kier molecular flexibility index (Phi) is 5.72. The van der Waals surface area contributed by atoms with Crippen molar-refractivity contribution in [2.45, 2.75) is 25.5 Å². The van der Waals surface area contributed by atoms with Crippen molar-refractivity contribution < 1.29 is 9.47 Å². The van der Waals surface area contributed by atoms with Gasteiger partial charge in [-0.25, -0.2) is 0 Å². The maximum Gasteiger partial charge on any atom is 0.161 e. The molecule has 128 valence electrons. The topological polar surface area (TPSA) is 47.7 Å². The minimum absolute atomic E-state index is 0.248. The SMILES string of the molecule is COc1ccc(C(CN)N2CCCC2)cc1OCc1ccccc1. The summed E-state index contributed by atoms with van der Waals surface area (Å²) < 4.78 is 11.5. The molecule has 24 heavy (non-hydrogen) atoms. The second-order valence-corrected chi connectivity index (χ2v) is 6.18. The second-order valence-electron chi connectivity index (χ2n) is 6.18. The Morgan fingerprint density at radius 2 is 1.79 bits per heavy atom. The van der Waals surface area contributed by atoms with Crippen LogP contribution >= 0.6 is 0 Å². The number of likely N-dealkylation sites (tertiary alicyclic amines) is 1. The van der Waals surface area contributed by atoms with Gasteiger partial charge in [-0.3, -0.25) is 4.90 Å². The maximum absolute atomic E-state index is 6.06. The number of benzene rings is 2. The molecule has 1 atom stereocenters. The summed E-state index contributed by atoms with van der Waals surface area (Å²) in [7, 11) is 1.67. The van der Waals surface area contributed by atoms with E-state index in [1.54, 1.807) is 7.11 Å². The maximum atomic E-state index is 6.06. The number of rotatable bonds is 7. The molecular weight excluding hydrogens is 300 g/mol. The Hall–Kier alpha value is -2.04. The molecule has 4 nitrogen and oxygen atoms in total. The largest absolute Gasteiger partial charge is 0.493 e. The van der Waals surface area contributed by atoms with Gasteiger partial charge in [-0.1, -0.05) is 36.4 Å². The second kappa shape index (κ2) is 8.18. The lowest BCUT2D eigenvalue weighted by Gasteiger charge is -2.27. The van der Waals surface area contributed by atoms with Gasteiger partial charge in [0.2, 0.25) is 0 Å². The lowest BCUT2D eigenvalue weighted by atomic mass is 10.0. The standard InChI is InChI=1S/C20H26N2O2/c1-23-19-10-9-17(18(14-21)22-11-5-6-12-22)13-20(19)24-15-16-7-3-2-4-8-16/h2-4,7-10,13,18H,5-6,11-12,14-15,21H2,1H3. The van der Waals surface area contributed by atoms with Crippen LogP contribution in [0.15, 0.2) is 48.5 Å². The van der Waals surface area contributed by atoms with Crippen LogP contribution in [0, 0.1) is 0 Å². The molecule has 1 saturated heterocycles. The van der Waals surface area contributed by atoms with Crippen LogP contribution in [-0.2, 0) is 6.61 Å². The van der Waals surface area contributed by atoms with Gasteiger partial charge in [0.25, 0.3) is 0 Å². The van der Waals surface area contributed by atoms with Crippen LogP contribution in [0.3, 0.4) is 0 Å². The smallest absolute Gasteiger partial charge is 0.161 e. The molecule has 0 saturated carbocycles. The Morgan fingerprint density at radius 3 is 2.46 bits per heavy atom. The molecule has 0 bridgehead atoms. The zero-order valence-electron chi connectivity index (χ0n) is 14.3. The molecule has 2 aromatic rings. The molecule has 0 amide bonds. The zero-order valence-corrected chi connectivity index (χ0v) is 14.3. The summed E-state index contributed by atoms with van der Waals surface area (Å²) >= 11 is 0. The van der Waals surface area contributed by atoms with E-state index in [9.17, 15) is 0 Å². The van der Waals surface area contributed by atoms with Gasteiger partial charge in [-0.15, -0.1) is 0 Å². The molecule has 3 rings (SSSR count). The molecule has 0 spiro atoms. The van der Waals surface area contributed by atoms with Crippen LogP contribution < -0.4 is 15.2 Å². The average Bonchev–Trinajstić information content (AvgIpc) is 3.16. The van der Waals surface area contributed by atoms with Gasteiger partial charge in [0.15, 0.2) is 11.5 Å². The monoisotopic (exact) mass is 326 g/mol. The normalized spacial score (nSPS) is 16.1. The van der Waals surface area contributed by atoms with E-state index in [0.29, 0.717) is 13.2 Å². The summed E-state index contributed by atoms with van der Waals surface area (Å²) in [6.07, 6.45) is 2.51. The van der Waals surface area contributed by atoms with Crippen molar-refractivity contribution in [3.8, 4) is 11.5 Å². The average molecular weight is 326 g/mol. The van der Waals surface area contributed by atoms with E-state index in [1.165, 1.54) is 18.4 Å². The van der Waals surface area contributed by atoms with Gasteiger partial charge < -0.3 is 15.2 Å². The zero-order chi connectivity index (χ0) is 16.8. The Labute approximate surface area is 144 Å². The van der Waals surface area contributed by atoms with E-state index in [-0.39, 0.29) is 6.04 Å². The first kappa shape index (κ1) is 16.8. The third-order valence-corrected chi connectivity index (χ3v) is 4.61. The van der Waals surface area contributed by atoms with Crippen molar-refractivity contribution in [2.24, 2.45) is 5.73 Å². The number of hydrogen-bond acceptors (Lipinski definition) is 4. The third kappa shape index (κ3) is 3.89. The van der Waals surface area contributed by atoms with E-state index >= 15 is 0 Å². The summed E-state index contributed by atoms with van der Waals surface area (Å²) in [5.41, 5.74) is 8.39. The highest BCUT2D eigenvalue weighted by atomic mass is 16.5. The minimum Gasteiger partial charge on any atom is -0.493 e. The predicted molar refractivity (Wildman–Crippen MR) is 96.4 cm³/mol. The quantitative estimate of drug-likeness (QED) is 0.847. The van der Waals surface area contributed by atoms with E-state index in [0.717, 1.165) is 30.2 Å². The first-order valence-corrected chi connectivity index (χ1v) is 8.60. The van der Waals surface area contributed by atoms with Gasteiger partial charge in [-0.2, -0.15) is 0 Å². The van der Waals surface area contributed by atoms with E-state index in [4.69, 9.17) is 15.2 Å². The lowest BCUT2D eigenvalue weighted by molar-refractivity contribution is 0.248. The molecular formula is C20H26N2O2. The fraction of sp³-hybridized carbons (Fsp3) is 0.400. The van der Waals surface area contributed by atoms with Crippen LogP contribution in [0.1, 0.15) is 30.0 Å². The first-order valence-electron chi connectivity index (χ1n) is 8.60. The van der Waals surface area contributed by atoms with Crippen molar-refractivity contribution in [3.63, 3.8) is 0 Å². The molecule has 1 fully saturated rings. The van der Waals surface area contributed by atoms with Crippen LogP contribution in [0.25, 0.3) is 0 Å². The molecule has 1 unspecified atom stereocenters. The summed E-state index contributed by atoms with van der Waals surface area (Å²) in [5, 5.41) is 0. The highest BCUT2D eigenvalue weighted by Gasteiger charge is 2.23. The molecule has 1 aliphatic heterocycles. The van der Waals surface area contributed by atoms with Crippen molar-refractivity contribution >= 4 is 0 Å². The Morgan fingerprint density at radius 1 is 1.04 bits per heavy atom. The van der Waals surface area contributed by atoms with Gasteiger partial charge >= 0.3 is 0 Å². The fourth-order valence-corrected chi connectivity index (χ4v) is 3.30. The molecule has 1 heterocycles. The Balaban J connectivity index is 1.79. The van der Waals surface area contributed by atoms with E-state index in [2.05, 4.69) is 29.2 Å². The van der Waals surface area contributed by atoms with Crippen LogP contribution in [0.5, 0.6) is 11.5 Å². The molecule has 2 aromatic carbocycles. The summed E-state index contributed by atoms with van der Waals surface area (Å²) in [6, 6.07) is 16.6.